The molecule has 0 rings (SSSR count). The van der Waals surface area contributed by atoms with Gasteiger partial charge in [0.05, 0.1) is 5.75 Å². The fourth-order valence-electron chi connectivity index (χ4n) is 0.258. The van der Waals surface area contributed by atoms with E-state index in [0.29, 0.717) is 6.42 Å². The van der Waals surface area contributed by atoms with E-state index in [4.69, 9.17) is 4.55 Å². The number of carbonyl (C=O) groups is 1. The second-order valence-electron chi connectivity index (χ2n) is 2.35. The molecule has 0 amide bonds. The molecule has 1 radical (unpaired) electrons. The molecule has 0 aliphatic rings. The fourth-order valence-corrected chi connectivity index (χ4v) is 0.774. The van der Waals surface area contributed by atoms with Gasteiger partial charge in [-0.1, -0.05) is 13.5 Å². The van der Waals surface area contributed by atoms with Crippen molar-refractivity contribution in [1.29, 1.82) is 0 Å². The Morgan fingerprint density at radius 1 is 1.46 bits per heavy atom. The van der Waals surface area contributed by atoms with Gasteiger partial charge < -0.3 is 0 Å². The highest BCUT2D eigenvalue weighted by molar-refractivity contribution is 7.85. The molecule has 0 aromatic rings. The zero-order chi connectivity index (χ0) is 11.1. The predicted molar refractivity (Wildman–Crippen MR) is 47.2 cm³/mol. The monoisotopic (exact) mass is 209 g/mol. The van der Waals surface area contributed by atoms with Crippen LogP contribution in [0.5, 0.6) is 0 Å². The highest BCUT2D eigenvalue weighted by atomic mass is 32.2. The van der Waals surface area contributed by atoms with E-state index < -0.39 is 16.1 Å². The number of carbonyl (C=O) groups excluding carboxylic acids is 1. The van der Waals surface area contributed by atoms with E-state index in [1.807, 2.05) is 0 Å². The molecule has 0 aliphatic carbocycles. The van der Waals surface area contributed by atoms with Gasteiger partial charge in [0.2, 0.25) is 0 Å². The zero-order valence-electron chi connectivity index (χ0n) is 7.61. The summed E-state index contributed by atoms with van der Waals surface area (Å²) in [7, 11) is -3.67. The van der Waals surface area contributed by atoms with Crippen LogP contribution in [-0.4, -0.2) is 24.7 Å². The molecule has 6 heteroatoms. The van der Waals surface area contributed by atoms with Gasteiger partial charge in [-0.25, -0.2) is 9.90 Å². The van der Waals surface area contributed by atoms with Gasteiger partial charge in [-0.2, -0.15) is 8.42 Å². The van der Waals surface area contributed by atoms with Crippen LogP contribution >= 0.6 is 0 Å². The average molecular weight is 209 g/mol. The van der Waals surface area contributed by atoms with Crippen LogP contribution in [0.1, 0.15) is 20.3 Å². The summed E-state index contributed by atoms with van der Waals surface area (Å²) < 4.78 is 27.6. The highest BCUT2D eigenvalue weighted by Gasteiger charge is 1.98. The van der Waals surface area contributed by atoms with Crippen molar-refractivity contribution in [3.63, 3.8) is 0 Å². The first-order valence-electron chi connectivity index (χ1n) is 3.52. The molecule has 13 heavy (non-hydrogen) atoms. The highest BCUT2D eigenvalue weighted by Crippen LogP contribution is 1.83. The molecule has 77 valence electrons. The van der Waals surface area contributed by atoms with Crippen molar-refractivity contribution < 1.29 is 22.9 Å². The molecular weight excluding hydrogens is 196 g/mol. The van der Waals surface area contributed by atoms with Crippen LogP contribution in [0.15, 0.2) is 12.2 Å². The third kappa shape index (κ3) is 18.2. The maximum Gasteiger partial charge on any atom is 0.381 e. The zero-order valence-corrected chi connectivity index (χ0v) is 8.43. The predicted octanol–water partition coefficient (Wildman–Crippen LogP) is 0.804. The molecule has 0 atom stereocenters. The summed E-state index contributed by atoms with van der Waals surface area (Å²) in [6, 6.07) is 0. The van der Waals surface area contributed by atoms with Crippen LogP contribution in [-0.2, 0) is 20.0 Å². The minimum Gasteiger partial charge on any atom is -0.286 e. The van der Waals surface area contributed by atoms with E-state index in [0.717, 1.165) is 0 Å². The Morgan fingerprint density at radius 3 is 1.77 bits per heavy atom. The van der Waals surface area contributed by atoms with Gasteiger partial charge in [0.25, 0.3) is 10.1 Å². The van der Waals surface area contributed by atoms with Crippen LogP contribution in [0.3, 0.4) is 0 Å². The quantitative estimate of drug-likeness (QED) is 0.549. The van der Waals surface area contributed by atoms with Gasteiger partial charge in [-0.3, -0.25) is 4.55 Å². The largest absolute Gasteiger partial charge is 0.381 e. The van der Waals surface area contributed by atoms with Gasteiger partial charge in [0, 0.05) is 5.57 Å². The number of hydrogen-bond donors (Lipinski definition) is 1. The maximum atomic E-state index is 9.79. The first-order chi connectivity index (χ1) is 5.70. The van der Waals surface area contributed by atoms with E-state index >= 15 is 0 Å². The van der Waals surface area contributed by atoms with Crippen molar-refractivity contribution in [2.45, 2.75) is 20.3 Å². The number of hydrogen-bond acceptors (Lipinski definition) is 3. The normalized spacial score (nSPS) is 9.77. The van der Waals surface area contributed by atoms with E-state index in [2.05, 4.69) is 6.58 Å². The minimum atomic E-state index is -3.67. The summed E-state index contributed by atoms with van der Waals surface area (Å²) in [6.45, 7) is 6.17. The Kier molecular flexibility index (Phi) is 7.45. The molecule has 0 heterocycles. The molecule has 1 N–H and O–H groups in total. The molecule has 0 fully saturated rings. The molecule has 0 aromatic carbocycles. The summed E-state index contributed by atoms with van der Waals surface area (Å²) in [5.41, 5.74) is 0.0648. The van der Waals surface area contributed by atoms with Gasteiger partial charge in [0.1, 0.15) is 0 Å². The Hall–Kier alpha value is -0.880. The van der Waals surface area contributed by atoms with Crippen LogP contribution in [0, 0.1) is 0 Å². The maximum absolute atomic E-state index is 9.79. The molecule has 0 unspecified atom stereocenters. The topological polar surface area (TPSA) is 91.3 Å². The number of rotatable bonds is 3. The Balaban J connectivity index is 0. The molecule has 0 spiro atoms. The van der Waals surface area contributed by atoms with Crippen molar-refractivity contribution >= 4 is 16.1 Å². The Morgan fingerprint density at radius 2 is 1.77 bits per heavy atom. The molecule has 0 saturated carbocycles. The molecule has 0 aliphatic heterocycles. The lowest BCUT2D eigenvalue weighted by Gasteiger charge is -1.85. The van der Waals surface area contributed by atoms with E-state index in [9.17, 15) is 18.3 Å². The van der Waals surface area contributed by atoms with E-state index in [1.54, 1.807) is 6.92 Å². The van der Waals surface area contributed by atoms with Crippen LogP contribution in [0.25, 0.3) is 0 Å². The van der Waals surface area contributed by atoms with Crippen molar-refractivity contribution in [3.8, 4) is 0 Å². The molecule has 5 nitrogen and oxygen atoms in total. The van der Waals surface area contributed by atoms with E-state index in [1.165, 1.54) is 6.92 Å². The Labute approximate surface area is 77.8 Å². The first kappa shape index (κ1) is 14.6. The van der Waals surface area contributed by atoms with Gasteiger partial charge >= 0.3 is 5.97 Å². The van der Waals surface area contributed by atoms with Crippen LogP contribution in [0.2, 0.25) is 0 Å². The summed E-state index contributed by atoms with van der Waals surface area (Å²) in [5, 5.41) is 9.49. The summed E-state index contributed by atoms with van der Waals surface area (Å²) in [4.78, 5) is 9.49. The van der Waals surface area contributed by atoms with Gasteiger partial charge in [-0.15, -0.1) is 0 Å². The van der Waals surface area contributed by atoms with Crippen LogP contribution in [0.4, 0.5) is 0 Å². The van der Waals surface area contributed by atoms with Crippen molar-refractivity contribution in [2.75, 3.05) is 5.75 Å². The van der Waals surface area contributed by atoms with Gasteiger partial charge in [-0.05, 0) is 13.3 Å². The van der Waals surface area contributed by atoms with Crippen LogP contribution < -0.4 is 0 Å². The Bertz CT molecular complexity index is 253. The standard InChI is InChI=1S/C4H5O2.C3H8O3S/c1-3(2)4(5)6;1-2-3-7(4,5)6/h1H2,2H3;2-3H2,1H3,(H,4,5,6). The molecular formula is C7H13O5S. The average Bonchev–Trinajstić information content (AvgIpc) is 1.85. The fraction of sp³-hybridized carbons (Fsp3) is 0.571. The van der Waals surface area contributed by atoms with Crippen molar-refractivity contribution in [2.24, 2.45) is 0 Å². The second-order valence-corrected chi connectivity index (χ2v) is 3.93. The molecule has 0 saturated heterocycles. The van der Waals surface area contributed by atoms with Crippen molar-refractivity contribution in [1.82, 2.24) is 0 Å². The third-order valence-electron chi connectivity index (χ3n) is 0.811. The van der Waals surface area contributed by atoms with Gasteiger partial charge in [0.15, 0.2) is 0 Å². The summed E-state index contributed by atoms with van der Waals surface area (Å²) >= 11 is 0. The minimum absolute atomic E-state index is 0.0648. The lowest BCUT2D eigenvalue weighted by molar-refractivity contribution is -0.138. The lowest BCUT2D eigenvalue weighted by atomic mass is 10.4. The third-order valence-corrected chi connectivity index (χ3v) is 1.73. The first-order valence-corrected chi connectivity index (χ1v) is 5.13. The van der Waals surface area contributed by atoms with Crippen molar-refractivity contribution in [3.05, 3.63) is 12.2 Å². The molecule has 0 aromatic heterocycles. The van der Waals surface area contributed by atoms with E-state index in [-0.39, 0.29) is 11.3 Å². The summed E-state index contributed by atoms with van der Waals surface area (Å²) in [5.74, 6) is -1.32. The second kappa shape index (κ2) is 6.62. The SMILES string of the molecule is C=C(C)C([O])=O.CCCS(=O)(=O)O. The smallest absolute Gasteiger partial charge is 0.286 e. The summed E-state index contributed by atoms with van der Waals surface area (Å²) in [6.07, 6.45) is 0.471. The molecule has 0 bridgehead atoms. The lowest BCUT2D eigenvalue weighted by Crippen LogP contribution is -2.01.